The Morgan fingerprint density at radius 1 is 0.929 bits per heavy atom. The van der Waals surface area contributed by atoms with Gasteiger partial charge in [-0.1, -0.05) is 30.3 Å². The Kier molecular flexibility index (Phi) is 8.53. The van der Waals surface area contributed by atoms with E-state index in [-0.39, 0.29) is 18.4 Å². The molecule has 2 rings (SSSR count). The van der Waals surface area contributed by atoms with Crippen LogP contribution in [0.25, 0.3) is 0 Å². The van der Waals surface area contributed by atoms with E-state index in [1.54, 1.807) is 4.90 Å². The van der Waals surface area contributed by atoms with Crippen molar-refractivity contribution in [3.8, 4) is 0 Å². The molecule has 2 amide bonds. The van der Waals surface area contributed by atoms with Crippen molar-refractivity contribution in [2.75, 3.05) is 36.4 Å². The van der Waals surface area contributed by atoms with E-state index in [2.05, 4.69) is 36.2 Å². The van der Waals surface area contributed by atoms with Gasteiger partial charge in [-0.2, -0.15) is 0 Å². The van der Waals surface area contributed by atoms with E-state index in [0.717, 1.165) is 37.3 Å². The summed E-state index contributed by atoms with van der Waals surface area (Å²) in [4.78, 5) is 28.1. The highest BCUT2D eigenvalue weighted by atomic mass is 16.2. The summed E-state index contributed by atoms with van der Waals surface area (Å²) in [6, 6.07) is 18.0. The van der Waals surface area contributed by atoms with Gasteiger partial charge < -0.3 is 15.1 Å². The number of amides is 2. The van der Waals surface area contributed by atoms with Crippen LogP contribution in [0.15, 0.2) is 54.6 Å². The molecule has 0 aliphatic rings. The summed E-state index contributed by atoms with van der Waals surface area (Å²) in [6.07, 6.45) is 1.72. The first kappa shape index (κ1) is 21.5. The van der Waals surface area contributed by atoms with Crippen LogP contribution in [0.2, 0.25) is 0 Å². The SMILES string of the molecule is CCN(CC)c1ccc(NC(=O)CN(CCCc2ccccc2)C(C)=O)cc1. The van der Waals surface area contributed by atoms with Gasteiger partial charge in [0, 0.05) is 37.9 Å². The van der Waals surface area contributed by atoms with E-state index in [9.17, 15) is 9.59 Å². The number of carbonyl (C=O) groups is 2. The standard InChI is InChI=1S/C23H31N3O2/c1-4-25(5-2)22-15-13-21(14-16-22)24-23(28)18-26(19(3)27)17-9-12-20-10-7-6-8-11-20/h6-8,10-11,13-16H,4-5,9,12,17-18H2,1-3H3,(H,24,28). The van der Waals surface area contributed by atoms with Crippen molar-refractivity contribution in [2.24, 2.45) is 0 Å². The first-order valence-electron chi connectivity index (χ1n) is 9.97. The molecular formula is C23H31N3O2. The summed E-state index contributed by atoms with van der Waals surface area (Å²) in [5.74, 6) is -0.259. The van der Waals surface area contributed by atoms with Crippen LogP contribution in [-0.4, -0.2) is 42.9 Å². The van der Waals surface area contributed by atoms with Crippen LogP contribution in [0.3, 0.4) is 0 Å². The number of hydrogen-bond donors (Lipinski definition) is 1. The van der Waals surface area contributed by atoms with Gasteiger partial charge in [0.2, 0.25) is 11.8 Å². The second-order valence-corrected chi connectivity index (χ2v) is 6.80. The Morgan fingerprint density at radius 3 is 2.14 bits per heavy atom. The molecule has 2 aromatic rings. The molecule has 2 aromatic carbocycles. The molecule has 0 heterocycles. The number of nitrogens with one attached hydrogen (secondary N) is 1. The third-order valence-electron chi connectivity index (χ3n) is 4.80. The zero-order valence-corrected chi connectivity index (χ0v) is 17.1. The van der Waals surface area contributed by atoms with Crippen molar-refractivity contribution in [1.29, 1.82) is 0 Å². The van der Waals surface area contributed by atoms with Crippen molar-refractivity contribution in [1.82, 2.24) is 4.90 Å². The quantitative estimate of drug-likeness (QED) is 0.678. The minimum absolute atomic E-state index is 0.0713. The molecule has 0 atom stereocenters. The lowest BCUT2D eigenvalue weighted by Crippen LogP contribution is -2.37. The molecule has 5 heteroatoms. The van der Waals surface area contributed by atoms with Crippen molar-refractivity contribution in [3.05, 3.63) is 60.2 Å². The second-order valence-electron chi connectivity index (χ2n) is 6.80. The molecule has 1 N–H and O–H groups in total. The molecule has 5 nitrogen and oxygen atoms in total. The number of benzene rings is 2. The lowest BCUT2D eigenvalue weighted by Gasteiger charge is -2.22. The van der Waals surface area contributed by atoms with Crippen LogP contribution in [0.1, 0.15) is 32.8 Å². The fourth-order valence-corrected chi connectivity index (χ4v) is 3.18. The number of anilines is 2. The molecule has 0 aliphatic heterocycles. The normalized spacial score (nSPS) is 10.4. The average Bonchev–Trinajstić information content (AvgIpc) is 2.70. The highest BCUT2D eigenvalue weighted by Crippen LogP contribution is 2.17. The predicted molar refractivity (Wildman–Crippen MR) is 116 cm³/mol. The fraction of sp³-hybridized carbons (Fsp3) is 0.391. The highest BCUT2D eigenvalue weighted by Gasteiger charge is 2.14. The Labute approximate surface area is 168 Å². The van der Waals surface area contributed by atoms with E-state index in [0.29, 0.717) is 6.54 Å². The van der Waals surface area contributed by atoms with Crippen molar-refractivity contribution < 1.29 is 9.59 Å². The van der Waals surface area contributed by atoms with Crippen LogP contribution in [0, 0.1) is 0 Å². The average molecular weight is 382 g/mol. The van der Waals surface area contributed by atoms with Gasteiger partial charge in [-0.3, -0.25) is 9.59 Å². The Bertz CT molecular complexity index is 740. The van der Waals surface area contributed by atoms with Gasteiger partial charge in [0.1, 0.15) is 0 Å². The van der Waals surface area contributed by atoms with Gasteiger partial charge in [-0.15, -0.1) is 0 Å². The first-order chi connectivity index (χ1) is 13.5. The summed E-state index contributed by atoms with van der Waals surface area (Å²) in [5.41, 5.74) is 3.12. The molecule has 0 bridgehead atoms. The number of aryl methyl sites for hydroxylation is 1. The van der Waals surface area contributed by atoms with E-state index in [1.807, 2.05) is 42.5 Å². The van der Waals surface area contributed by atoms with Crippen LogP contribution in [0.4, 0.5) is 11.4 Å². The van der Waals surface area contributed by atoms with Crippen LogP contribution in [-0.2, 0) is 16.0 Å². The lowest BCUT2D eigenvalue weighted by molar-refractivity contribution is -0.132. The summed E-state index contributed by atoms with van der Waals surface area (Å²) in [5, 5.41) is 2.89. The van der Waals surface area contributed by atoms with Crippen LogP contribution < -0.4 is 10.2 Å². The van der Waals surface area contributed by atoms with Crippen molar-refractivity contribution in [2.45, 2.75) is 33.6 Å². The van der Waals surface area contributed by atoms with Crippen LogP contribution >= 0.6 is 0 Å². The van der Waals surface area contributed by atoms with Gasteiger partial charge >= 0.3 is 0 Å². The summed E-state index contributed by atoms with van der Waals surface area (Å²) < 4.78 is 0. The number of nitrogens with zero attached hydrogens (tertiary/aromatic N) is 2. The zero-order chi connectivity index (χ0) is 20.4. The third-order valence-corrected chi connectivity index (χ3v) is 4.80. The van der Waals surface area contributed by atoms with E-state index >= 15 is 0 Å². The molecule has 0 saturated heterocycles. The maximum atomic E-state index is 12.4. The molecule has 0 aromatic heterocycles. The zero-order valence-electron chi connectivity index (χ0n) is 17.1. The van der Waals surface area contributed by atoms with Gasteiger partial charge in [0.05, 0.1) is 6.54 Å². The number of hydrogen-bond acceptors (Lipinski definition) is 3. The Balaban J connectivity index is 1.85. The molecular weight excluding hydrogens is 350 g/mol. The van der Waals surface area contributed by atoms with Gasteiger partial charge in [-0.05, 0) is 56.5 Å². The van der Waals surface area contributed by atoms with Gasteiger partial charge in [-0.25, -0.2) is 0 Å². The minimum Gasteiger partial charge on any atom is -0.372 e. The van der Waals surface area contributed by atoms with Crippen molar-refractivity contribution >= 4 is 23.2 Å². The van der Waals surface area contributed by atoms with E-state index in [4.69, 9.17) is 0 Å². The monoisotopic (exact) mass is 381 g/mol. The Morgan fingerprint density at radius 2 is 1.57 bits per heavy atom. The van der Waals surface area contributed by atoms with E-state index < -0.39 is 0 Å². The molecule has 0 saturated carbocycles. The largest absolute Gasteiger partial charge is 0.372 e. The summed E-state index contributed by atoms with van der Waals surface area (Å²) >= 11 is 0. The lowest BCUT2D eigenvalue weighted by atomic mass is 10.1. The van der Waals surface area contributed by atoms with E-state index in [1.165, 1.54) is 12.5 Å². The second kappa shape index (κ2) is 11.1. The van der Waals surface area contributed by atoms with Gasteiger partial charge in [0.25, 0.3) is 0 Å². The summed E-state index contributed by atoms with van der Waals surface area (Å²) in [7, 11) is 0. The van der Waals surface area contributed by atoms with Crippen molar-refractivity contribution in [3.63, 3.8) is 0 Å². The Hall–Kier alpha value is -2.82. The minimum atomic E-state index is -0.175. The topological polar surface area (TPSA) is 52.7 Å². The molecule has 28 heavy (non-hydrogen) atoms. The van der Waals surface area contributed by atoms with Crippen LogP contribution in [0.5, 0.6) is 0 Å². The highest BCUT2D eigenvalue weighted by molar-refractivity contribution is 5.94. The molecule has 0 aliphatic carbocycles. The number of rotatable bonds is 10. The molecule has 0 unspecified atom stereocenters. The molecule has 0 spiro atoms. The maximum absolute atomic E-state index is 12.4. The fourth-order valence-electron chi connectivity index (χ4n) is 3.18. The molecule has 0 radical (unpaired) electrons. The molecule has 0 fully saturated rings. The summed E-state index contributed by atoms with van der Waals surface area (Å²) in [6.45, 7) is 8.27. The van der Waals surface area contributed by atoms with Gasteiger partial charge in [0.15, 0.2) is 0 Å². The molecule has 150 valence electrons. The number of carbonyl (C=O) groups excluding carboxylic acids is 2. The first-order valence-corrected chi connectivity index (χ1v) is 9.97. The predicted octanol–water partition coefficient (Wildman–Crippen LogP) is 3.95. The third kappa shape index (κ3) is 6.72. The smallest absolute Gasteiger partial charge is 0.243 e. The maximum Gasteiger partial charge on any atom is 0.243 e.